The molecule has 4 N–H and O–H groups in total. The van der Waals surface area contributed by atoms with Gasteiger partial charge in [-0.2, -0.15) is 5.10 Å². The van der Waals surface area contributed by atoms with Crippen molar-refractivity contribution < 1.29 is 9.47 Å². The van der Waals surface area contributed by atoms with Crippen LogP contribution in [0.3, 0.4) is 0 Å². The molecule has 120 valence electrons. The van der Waals surface area contributed by atoms with E-state index in [4.69, 9.17) is 20.9 Å². The molecule has 0 aliphatic carbocycles. The largest absolute Gasteiger partial charge is 0.496 e. The van der Waals surface area contributed by atoms with Crippen molar-refractivity contribution >= 4 is 28.1 Å². The Morgan fingerprint density at radius 3 is 2.74 bits per heavy atom. The third-order valence-corrected chi connectivity index (χ3v) is 3.37. The van der Waals surface area contributed by atoms with Crippen LogP contribution in [0.2, 0.25) is 0 Å². The SMILES string of the molecule is COc1ccc(C=NN=C(N)N)cc1COc1cccc(Br)c1. The molecule has 2 rings (SSSR count). The van der Waals surface area contributed by atoms with Crippen molar-refractivity contribution in [1.29, 1.82) is 0 Å². The number of guanidine groups is 1. The first kappa shape index (κ1) is 16.8. The fourth-order valence-electron chi connectivity index (χ4n) is 1.87. The molecule has 2 aromatic carbocycles. The Kier molecular flexibility index (Phi) is 5.99. The number of rotatable bonds is 6. The van der Waals surface area contributed by atoms with E-state index in [-0.39, 0.29) is 5.96 Å². The number of nitrogens with two attached hydrogens (primary N) is 2. The molecule has 0 bridgehead atoms. The van der Waals surface area contributed by atoms with Crippen LogP contribution in [0.25, 0.3) is 0 Å². The van der Waals surface area contributed by atoms with Gasteiger partial charge in [-0.3, -0.25) is 0 Å². The summed E-state index contributed by atoms with van der Waals surface area (Å²) >= 11 is 3.41. The first-order valence-corrected chi connectivity index (χ1v) is 7.55. The number of nitrogens with zero attached hydrogens (tertiary/aromatic N) is 2. The van der Waals surface area contributed by atoms with Gasteiger partial charge >= 0.3 is 0 Å². The second kappa shape index (κ2) is 8.19. The molecule has 0 atom stereocenters. The van der Waals surface area contributed by atoms with Gasteiger partial charge in [0.2, 0.25) is 5.96 Å². The molecule has 0 aromatic heterocycles. The Morgan fingerprint density at radius 2 is 2.04 bits per heavy atom. The zero-order valence-electron chi connectivity index (χ0n) is 12.6. The highest BCUT2D eigenvalue weighted by Crippen LogP contribution is 2.23. The number of ether oxygens (including phenoxy) is 2. The van der Waals surface area contributed by atoms with E-state index in [1.807, 2.05) is 42.5 Å². The van der Waals surface area contributed by atoms with E-state index in [0.29, 0.717) is 6.61 Å². The van der Waals surface area contributed by atoms with Crippen molar-refractivity contribution in [3.8, 4) is 11.5 Å². The molecule has 0 aliphatic rings. The molecule has 6 nitrogen and oxygen atoms in total. The van der Waals surface area contributed by atoms with Crippen molar-refractivity contribution in [2.75, 3.05) is 7.11 Å². The molecule has 0 saturated carbocycles. The van der Waals surface area contributed by atoms with Crippen LogP contribution in [0.15, 0.2) is 57.1 Å². The van der Waals surface area contributed by atoms with Gasteiger partial charge in [-0.15, -0.1) is 5.10 Å². The Bertz CT molecular complexity index is 728. The topological polar surface area (TPSA) is 95.2 Å². The number of hydrogen-bond donors (Lipinski definition) is 2. The van der Waals surface area contributed by atoms with E-state index in [1.165, 1.54) is 0 Å². The minimum Gasteiger partial charge on any atom is -0.496 e. The zero-order chi connectivity index (χ0) is 16.7. The van der Waals surface area contributed by atoms with Gasteiger partial charge in [-0.25, -0.2) is 0 Å². The average molecular weight is 377 g/mol. The van der Waals surface area contributed by atoms with Gasteiger partial charge in [0.15, 0.2) is 0 Å². The summed E-state index contributed by atoms with van der Waals surface area (Å²) in [4.78, 5) is 0. The van der Waals surface area contributed by atoms with Gasteiger partial charge in [0.1, 0.15) is 18.1 Å². The molecular formula is C16H17BrN4O2. The van der Waals surface area contributed by atoms with E-state index in [9.17, 15) is 0 Å². The van der Waals surface area contributed by atoms with Crippen molar-refractivity contribution in [2.45, 2.75) is 6.61 Å². The van der Waals surface area contributed by atoms with E-state index in [2.05, 4.69) is 26.1 Å². The van der Waals surface area contributed by atoms with Gasteiger partial charge in [-0.1, -0.05) is 22.0 Å². The summed E-state index contributed by atoms with van der Waals surface area (Å²) in [5, 5.41) is 7.36. The van der Waals surface area contributed by atoms with Crippen LogP contribution < -0.4 is 20.9 Å². The summed E-state index contributed by atoms with van der Waals surface area (Å²) in [6.45, 7) is 0.365. The Morgan fingerprint density at radius 1 is 1.22 bits per heavy atom. The fraction of sp³-hybridized carbons (Fsp3) is 0.125. The second-order valence-corrected chi connectivity index (χ2v) is 5.50. The van der Waals surface area contributed by atoms with Crippen LogP contribution in [0.1, 0.15) is 11.1 Å². The zero-order valence-corrected chi connectivity index (χ0v) is 14.2. The van der Waals surface area contributed by atoms with Crippen LogP contribution >= 0.6 is 15.9 Å². The molecule has 0 spiro atoms. The molecule has 2 aromatic rings. The summed E-state index contributed by atoms with van der Waals surface area (Å²) in [6.07, 6.45) is 1.56. The van der Waals surface area contributed by atoms with Crippen molar-refractivity contribution in [3.63, 3.8) is 0 Å². The molecule has 0 fully saturated rings. The van der Waals surface area contributed by atoms with E-state index >= 15 is 0 Å². The van der Waals surface area contributed by atoms with Crippen LogP contribution in [-0.4, -0.2) is 19.3 Å². The van der Waals surface area contributed by atoms with E-state index in [1.54, 1.807) is 13.3 Å². The summed E-state index contributed by atoms with van der Waals surface area (Å²) < 4.78 is 12.1. The smallest absolute Gasteiger partial charge is 0.211 e. The van der Waals surface area contributed by atoms with E-state index < -0.39 is 0 Å². The lowest BCUT2D eigenvalue weighted by Crippen LogP contribution is -2.21. The summed E-state index contributed by atoms with van der Waals surface area (Å²) in [7, 11) is 1.62. The minimum atomic E-state index is -0.0898. The predicted octanol–water partition coefficient (Wildman–Crippen LogP) is 2.64. The Hall–Kier alpha value is -2.54. The standard InChI is InChI=1S/C16H17BrN4O2/c1-22-15-6-5-11(9-20-21-16(18)19)7-12(15)10-23-14-4-2-3-13(17)8-14/h2-9H,10H2,1H3,(H4,18,19,21). The average Bonchev–Trinajstić information content (AvgIpc) is 2.53. The minimum absolute atomic E-state index is 0.0898. The lowest BCUT2D eigenvalue weighted by Gasteiger charge is -2.11. The third-order valence-electron chi connectivity index (χ3n) is 2.87. The molecular weight excluding hydrogens is 360 g/mol. The summed E-state index contributed by atoms with van der Waals surface area (Å²) in [5.74, 6) is 1.41. The molecule has 0 unspecified atom stereocenters. The molecule has 23 heavy (non-hydrogen) atoms. The lowest BCUT2D eigenvalue weighted by molar-refractivity contribution is 0.296. The quantitative estimate of drug-likeness (QED) is 0.460. The highest BCUT2D eigenvalue weighted by Gasteiger charge is 2.05. The predicted molar refractivity (Wildman–Crippen MR) is 94.9 cm³/mol. The lowest BCUT2D eigenvalue weighted by atomic mass is 10.1. The maximum Gasteiger partial charge on any atom is 0.211 e. The highest BCUT2D eigenvalue weighted by molar-refractivity contribution is 9.10. The number of benzene rings is 2. The molecule has 0 radical (unpaired) electrons. The van der Waals surface area contributed by atoms with Crippen LogP contribution in [0.4, 0.5) is 0 Å². The number of methoxy groups -OCH3 is 1. The van der Waals surface area contributed by atoms with Gasteiger partial charge in [0, 0.05) is 10.0 Å². The van der Waals surface area contributed by atoms with Gasteiger partial charge in [0.05, 0.1) is 13.3 Å². The molecule has 0 heterocycles. The van der Waals surface area contributed by atoms with Gasteiger partial charge < -0.3 is 20.9 Å². The Balaban J connectivity index is 2.15. The van der Waals surface area contributed by atoms with Crippen molar-refractivity contribution in [3.05, 3.63) is 58.1 Å². The van der Waals surface area contributed by atoms with Gasteiger partial charge in [0.25, 0.3) is 0 Å². The number of hydrogen-bond acceptors (Lipinski definition) is 4. The third kappa shape index (κ3) is 5.30. The Labute approximate surface area is 142 Å². The second-order valence-electron chi connectivity index (χ2n) is 4.59. The van der Waals surface area contributed by atoms with Crippen molar-refractivity contribution in [1.82, 2.24) is 0 Å². The van der Waals surface area contributed by atoms with Crippen LogP contribution in [-0.2, 0) is 6.61 Å². The first-order chi connectivity index (χ1) is 11.1. The maximum atomic E-state index is 5.79. The summed E-state index contributed by atoms with van der Waals surface area (Å²) in [6, 6.07) is 13.2. The first-order valence-electron chi connectivity index (χ1n) is 6.75. The molecule has 7 heteroatoms. The van der Waals surface area contributed by atoms with Crippen LogP contribution in [0.5, 0.6) is 11.5 Å². The normalized spacial score (nSPS) is 10.5. The highest BCUT2D eigenvalue weighted by atomic mass is 79.9. The summed E-state index contributed by atoms with van der Waals surface area (Å²) in [5.41, 5.74) is 12.2. The molecule has 0 amide bonds. The van der Waals surface area contributed by atoms with Gasteiger partial charge in [-0.05, 0) is 42.0 Å². The number of halogens is 1. The molecule has 0 aliphatic heterocycles. The van der Waals surface area contributed by atoms with Crippen LogP contribution in [0, 0.1) is 0 Å². The maximum absolute atomic E-state index is 5.79. The van der Waals surface area contributed by atoms with E-state index in [0.717, 1.165) is 27.1 Å². The van der Waals surface area contributed by atoms with Crippen molar-refractivity contribution in [2.24, 2.45) is 21.7 Å². The fourth-order valence-corrected chi connectivity index (χ4v) is 2.25. The monoisotopic (exact) mass is 376 g/mol. The molecule has 0 saturated heterocycles.